The Kier molecular flexibility index (Phi) is 6.67. The van der Waals surface area contributed by atoms with Gasteiger partial charge < -0.3 is 0 Å². The Bertz CT molecular complexity index is 784. The van der Waals surface area contributed by atoms with E-state index in [1.807, 2.05) is 66.7 Å². The maximum Gasteiger partial charge on any atom is 0.283 e. The topological polar surface area (TPSA) is 32.7 Å². The van der Waals surface area contributed by atoms with Crippen molar-refractivity contribution >= 4 is 34.6 Å². The lowest BCUT2D eigenvalue weighted by molar-refractivity contribution is -0.113. The number of carbonyl (C=O) groups excluding carboxylic acids is 1. The Morgan fingerprint density at radius 2 is 1.65 bits per heavy atom. The van der Waals surface area contributed by atoms with Gasteiger partial charge in [0.05, 0.1) is 5.69 Å². The number of amides is 1. The maximum atomic E-state index is 13.0. The first-order valence-electron chi connectivity index (χ1n) is 9.17. The molecule has 0 fully saturated rings. The van der Waals surface area contributed by atoms with Gasteiger partial charge >= 0.3 is 0 Å². The van der Waals surface area contributed by atoms with Crippen molar-refractivity contribution in [3.63, 3.8) is 0 Å². The monoisotopic (exact) mass is 364 g/mol. The molecule has 0 atom stereocenters. The number of anilines is 1. The third-order valence-electron chi connectivity index (χ3n) is 4.18. The van der Waals surface area contributed by atoms with Gasteiger partial charge in [-0.1, -0.05) is 86.5 Å². The van der Waals surface area contributed by atoms with Crippen molar-refractivity contribution in [1.82, 2.24) is 0 Å². The second-order valence-electron chi connectivity index (χ2n) is 6.22. The third-order valence-corrected chi connectivity index (χ3v) is 5.20. The van der Waals surface area contributed by atoms with Gasteiger partial charge in [0, 0.05) is 5.75 Å². The Balaban J connectivity index is 1.81. The van der Waals surface area contributed by atoms with Crippen molar-refractivity contribution in [3.8, 4) is 0 Å². The molecule has 0 saturated carbocycles. The average molecular weight is 365 g/mol. The van der Waals surface area contributed by atoms with Crippen LogP contribution in [0.25, 0.3) is 6.08 Å². The summed E-state index contributed by atoms with van der Waals surface area (Å²) in [5.41, 5.74) is 2.35. The fourth-order valence-corrected chi connectivity index (χ4v) is 3.81. The standard InChI is InChI=1S/C22H24N2OS/c1-2-3-4-11-16-26-22-23-20(17-18-12-7-5-8-13-18)21(25)24(22)19-14-9-6-10-15-19/h5-10,12-15,17H,2-4,11,16H2,1H3/b20-17-. The zero-order valence-electron chi connectivity index (χ0n) is 15.1. The number of unbranched alkanes of at least 4 members (excludes halogenated alkanes) is 3. The lowest BCUT2D eigenvalue weighted by Gasteiger charge is -2.17. The molecule has 3 nitrogen and oxygen atoms in total. The normalized spacial score (nSPS) is 15.6. The summed E-state index contributed by atoms with van der Waals surface area (Å²) in [6.45, 7) is 2.21. The van der Waals surface area contributed by atoms with Crippen LogP contribution >= 0.6 is 11.8 Å². The molecule has 0 N–H and O–H groups in total. The molecule has 0 unspecified atom stereocenters. The van der Waals surface area contributed by atoms with Crippen LogP contribution < -0.4 is 4.90 Å². The molecule has 0 aliphatic carbocycles. The van der Waals surface area contributed by atoms with Gasteiger partial charge in [0.1, 0.15) is 5.70 Å². The fourth-order valence-electron chi connectivity index (χ4n) is 2.80. The first-order valence-corrected chi connectivity index (χ1v) is 10.2. The molecule has 0 radical (unpaired) electrons. The van der Waals surface area contributed by atoms with Crippen LogP contribution in [0.4, 0.5) is 5.69 Å². The Hall–Kier alpha value is -2.33. The van der Waals surface area contributed by atoms with Crippen LogP contribution in [0.1, 0.15) is 38.2 Å². The molecule has 134 valence electrons. The van der Waals surface area contributed by atoms with Crippen LogP contribution in [0.5, 0.6) is 0 Å². The zero-order valence-corrected chi connectivity index (χ0v) is 15.9. The molecule has 0 bridgehead atoms. The summed E-state index contributed by atoms with van der Waals surface area (Å²) >= 11 is 1.67. The summed E-state index contributed by atoms with van der Waals surface area (Å²) in [6.07, 6.45) is 6.72. The van der Waals surface area contributed by atoms with Crippen molar-refractivity contribution in [1.29, 1.82) is 0 Å². The number of benzene rings is 2. The number of amidine groups is 1. The molecule has 1 aliphatic heterocycles. The molecule has 2 aromatic carbocycles. The van der Waals surface area contributed by atoms with E-state index in [1.54, 1.807) is 16.7 Å². The van der Waals surface area contributed by atoms with Gasteiger partial charge in [-0.3, -0.25) is 9.69 Å². The van der Waals surface area contributed by atoms with Gasteiger partial charge in [-0.15, -0.1) is 0 Å². The fraction of sp³-hybridized carbons (Fsp3) is 0.273. The molecule has 1 amide bonds. The van der Waals surface area contributed by atoms with Crippen molar-refractivity contribution < 1.29 is 4.79 Å². The number of hydrogen-bond acceptors (Lipinski definition) is 3. The molecule has 26 heavy (non-hydrogen) atoms. The van der Waals surface area contributed by atoms with Crippen LogP contribution in [0.2, 0.25) is 0 Å². The number of nitrogens with zero attached hydrogens (tertiary/aromatic N) is 2. The van der Waals surface area contributed by atoms with Crippen LogP contribution in [0, 0.1) is 0 Å². The highest BCUT2D eigenvalue weighted by Gasteiger charge is 2.31. The molecule has 0 saturated heterocycles. The van der Waals surface area contributed by atoms with Gasteiger partial charge in [-0.25, -0.2) is 4.99 Å². The summed E-state index contributed by atoms with van der Waals surface area (Å²) in [7, 11) is 0. The highest BCUT2D eigenvalue weighted by atomic mass is 32.2. The van der Waals surface area contributed by atoms with Crippen LogP contribution in [-0.2, 0) is 4.79 Å². The van der Waals surface area contributed by atoms with E-state index in [1.165, 1.54) is 19.3 Å². The molecule has 1 heterocycles. The minimum Gasteiger partial charge on any atom is -0.266 e. The lowest BCUT2D eigenvalue weighted by Crippen LogP contribution is -2.30. The number of thioether (sulfide) groups is 1. The Morgan fingerprint density at radius 1 is 0.962 bits per heavy atom. The highest BCUT2D eigenvalue weighted by Crippen LogP contribution is 2.29. The number of carbonyl (C=O) groups is 1. The van der Waals surface area contributed by atoms with Gasteiger partial charge in [-0.2, -0.15) is 0 Å². The van der Waals surface area contributed by atoms with E-state index in [9.17, 15) is 4.79 Å². The smallest absolute Gasteiger partial charge is 0.266 e. The van der Waals surface area contributed by atoms with Gasteiger partial charge in [0.2, 0.25) is 0 Å². The molecule has 0 aromatic heterocycles. The van der Waals surface area contributed by atoms with E-state index in [0.29, 0.717) is 5.70 Å². The van der Waals surface area contributed by atoms with Crippen molar-refractivity contribution in [2.45, 2.75) is 32.6 Å². The molecule has 0 spiro atoms. The third kappa shape index (κ3) is 4.64. The molecular weight excluding hydrogens is 340 g/mol. The zero-order chi connectivity index (χ0) is 18.2. The second kappa shape index (κ2) is 9.39. The minimum absolute atomic E-state index is 0.0592. The first kappa shape index (κ1) is 18.5. The van der Waals surface area contributed by atoms with Gasteiger partial charge in [-0.05, 0) is 30.2 Å². The van der Waals surface area contributed by atoms with E-state index >= 15 is 0 Å². The first-order chi connectivity index (χ1) is 12.8. The number of aliphatic imine (C=N–C) groups is 1. The maximum absolute atomic E-state index is 13.0. The number of rotatable bonds is 7. The number of hydrogen-bond donors (Lipinski definition) is 0. The predicted octanol–water partition coefficient (Wildman–Crippen LogP) is 5.74. The largest absolute Gasteiger partial charge is 0.283 e. The Labute approximate surface area is 159 Å². The van der Waals surface area contributed by atoms with E-state index < -0.39 is 0 Å². The second-order valence-corrected chi connectivity index (χ2v) is 7.28. The quantitative estimate of drug-likeness (QED) is 0.463. The molecule has 4 heteroatoms. The van der Waals surface area contributed by atoms with E-state index in [2.05, 4.69) is 11.9 Å². The summed E-state index contributed by atoms with van der Waals surface area (Å²) in [5.74, 6) is 0.921. The summed E-state index contributed by atoms with van der Waals surface area (Å²) in [4.78, 5) is 19.4. The summed E-state index contributed by atoms with van der Waals surface area (Å²) in [6, 6.07) is 19.6. The van der Waals surface area contributed by atoms with Crippen molar-refractivity contribution in [3.05, 3.63) is 71.9 Å². The van der Waals surface area contributed by atoms with Crippen molar-refractivity contribution in [2.24, 2.45) is 4.99 Å². The Morgan fingerprint density at radius 3 is 2.35 bits per heavy atom. The van der Waals surface area contributed by atoms with Gasteiger partial charge in [0.25, 0.3) is 5.91 Å². The van der Waals surface area contributed by atoms with E-state index in [4.69, 9.17) is 0 Å². The van der Waals surface area contributed by atoms with E-state index in [0.717, 1.165) is 28.6 Å². The highest BCUT2D eigenvalue weighted by molar-refractivity contribution is 8.14. The van der Waals surface area contributed by atoms with Crippen LogP contribution in [0.3, 0.4) is 0 Å². The van der Waals surface area contributed by atoms with Crippen molar-refractivity contribution in [2.75, 3.05) is 10.7 Å². The lowest BCUT2D eigenvalue weighted by atomic mass is 10.2. The van der Waals surface area contributed by atoms with Crippen LogP contribution in [-0.4, -0.2) is 16.8 Å². The predicted molar refractivity (Wildman–Crippen MR) is 112 cm³/mol. The minimum atomic E-state index is -0.0592. The molecular formula is C22H24N2OS. The van der Waals surface area contributed by atoms with Crippen LogP contribution in [0.15, 0.2) is 71.4 Å². The SMILES string of the molecule is CCCCCCSC1=N/C(=C\c2ccccc2)C(=O)N1c1ccccc1. The van der Waals surface area contributed by atoms with Gasteiger partial charge in [0.15, 0.2) is 5.17 Å². The summed E-state index contributed by atoms with van der Waals surface area (Å²) in [5, 5.41) is 0.778. The van der Waals surface area contributed by atoms with E-state index in [-0.39, 0.29) is 5.91 Å². The number of para-hydroxylation sites is 1. The average Bonchev–Trinajstić information content (AvgIpc) is 2.98. The molecule has 2 aromatic rings. The molecule has 3 rings (SSSR count). The molecule has 1 aliphatic rings. The summed E-state index contributed by atoms with van der Waals surface area (Å²) < 4.78 is 0.